The molecule has 1 aromatic carbocycles. The van der Waals surface area contributed by atoms with Crippen LogP contribution < -0.4 is 14.8 Å². The molecule has 0 spiro atoms. The summed E-state index contributed by atoms with van der Waals surface area (Å²) in [6, 6.07) is 3.90. The summed E-state index contributed by atoms with van der Waals surface area (Å²) in [6.45, 7) is 2.03. The van der Waals surface area contributed by atoms with Crippen LogP contribution in [0.4, 0.5) is 4.79 Å². The first-order chi connectivity index (χ1) is 14.8. The van der Waals surface area contributed by atoms with E-state index < -0.39 is 17.9 Å². The van der Waals surface area contributed by atoms with Gasteiger partial charge in [0.15, 0.2) is 11.5 Å². The van der Waals surface area contributed by atoms with Crippen LogP contribution in [0.2, 0.25) is 5.02 Å². The molecular weight excluding hydrogens is 496 g/mol. The molecule has 0 saturated carbocycles. The van der Waals surface area contributed by atoms with Gasteiger partial charge in [-0.1, -0.05) is 11.6 Å². The standard InChI is InChI=1S/C20H18BrClN2O7/c1-4-30-14-8-10(15(21)16(22)17(14)28-2)7-12-18(25)24(20(27)23-12)9-11-5-6-13(31-11)19(26)29-3/h5-8H,4,9H2,1-3H3,(H,23,27)/b12-7-. The van der Waals surface area contributed by atoms with Gasteiger partial charge in [-0.3, -0.25) is 9.69 Å². The third-order valence-electron chi connectivity index (χ3n) is 4.28. The average molecular weight is 514 g/mol. The number of carbonyl (C=O) groups is 3. The molecule has 1 N–H and O–H groups in total. The van der Waals surface area contributed by atoms with Gasteiger partial charge in [0.25, 0.3) is 5.91 Å². The summed E-state index contributed by atoms with van der Waals surface area (Å²) >= 11 is 9.73. The van der Waals surface area contributed by atoms with E-state index in [9.17, 15) is 14.4 Å². The molecule has 1 saturated heterocycles. The number of rotatable bonds is 7. The van der Waals surface area contributed by atoms with E-state index in [0.29, 0.717) is 28.1 Å². The zero-order chi connectivity index (χ0) is 22.7. The molecule has 1 aliphatic rings. The molecule has 164 valence electrons. The first kappa shape index (κ1) is 22.7. The van der Waals surface area contributed by atoms with E-state index >= 15 is 0 Å². The SMILES string of the molecule is CCOc1cc(/C=C2\NC(=O)N(Cc3ccc(C(=O)OC)o3)C2=O)c(Br)c(Cl)c1OC. The van der Waals surface area contributed by atoms with Gasteiger partial charge in [0.1, 0.15) is 16.5 Å². The van der Waals surface area contributed by atoms with Crippen molar-refractivity contribution in [1.82, 2.24) is 10.2 Å². The number of esters is 1. The number of hydrogen-bond donors (Lipinski definition) is 1. The van der Waals surface area contributed by atoms with Crippen molar-refractivity contribution in [3.8, 4) is 11.5 Å². The van der Waals surface area contributed by atoms with E-state index in [1.165, 1.54) is 32.4 Å². The van der Waals surface area contributed by atoms with Gasteiger partial charge < -0.3 is 23.9 Å². The number of nitrogens with zero attached hydrogens (tertiary/aromatic N) is 1. The monoisotopic (exact) mass is 512 g/mol. The fraction of sp³-hybridized carbons (Fsp3) is 0.250. The minimum atomic E-state index is -0.657. The summed E-state index contributed by atoms with van der Waals surface area (Å²) in [5.41, 5.74) is 0.542. The number of amides is 3. The van der Waals surface area contributed by atoms with Crippen LogP contribution in [-0.2, 0) is 16.1 Å². The van der Waals surface area contributed by atoms with Crippen molar-refractivity contribution in [1.29, 1.82) is 0 Å². The highest BCUT2D eigenvalue weighted by atomic mass is 79.9. The lowest BCUT2D eigenvalue weighted by Gasteiger charge is -2.14. The van der Waals surface area contributed by atoms with Crippen LogP contribution >= 0.6 is 27.5 Å². The zero-order valence-corrected chi connectivity index (χ0v) is 19.1. The Morgan fingerprint density at radius 3 is 2.71 bits per heavy atom. The maximum atomic E-state index is 12.8. The lowest BCUT2D eigenvalue weighted by Crippen LogP contribution is -2.30. The molecule has 0 bridgehead atoms. The number of imide groups is 1. The summed E-state index contributed by atoms with van der Waals surface area (Å²) in [6.07, 6.45) is 1.47. The minimum absolute atomic E-state index is 0.0272. The smallest absolute Gasteiger partial charge is 0.373 e. The van der Waals surface area contributed by atoms with Crippen LogP contribution in [-0.4, -0.2) is 43.6 Å². The fourth-order valence-corrected chi connectivity index (χ4v) is 3.55. The third-order valence-corrected chi connectivity index (χ3v) is 5.73. The van der Waals surface area contributed by atoms with E-state index in [4.69, 9.17) is 25.5 Å². The molecule has 0 atom stereocenters. The summed E-state index contributed by atoms with van der Waals surface area (Å²) in [5, 5.41) is 2.78. The van der Waals surface area contributed by atoms with Gasteiger partial charge in [0.05, 0.1) is 27.4 Å². The Bertz CT molecular complexity index is 1080. The highest BCUT2D eigenvalue weighted by Crippen LogP contribution is 2.43. The Morgan fingerprint density at radius 2 is 2.06 bits per heavy atom. The fourth-order valence-electron chi connectivity index (χ4n) is 2.86. The molecule has 31 heavy (non-hydrogen) atoms. The predicted molar refractivity (Wildman–Crippen MR) is 114 cm³/mol. The highest BCUT2D eigenvalue weighted by molar-refractivity contribution is 9.10. The molecule has 1 aliphatic heterocycles. The summed E-state index contributed by atoms with van der Waals surface area (Å²) in [4.78, 5) is 37.6. The van der Waals surface area contributed by atoms with Crippen LogP contribution in [0, 0.1) is 0 Å². The van der Waals surface area contributed by atoms with Crippen LogP contribution in [0.15, 0.2) is 32.8 Å². The number of urea groups is 1. The number of halogens is 2. The van der Waals surface area contributed by atoms with E-state index in [2.05, 4.69) is 26.0 Å². The molecule has 3 amide bonds. The number of hydrogen-bond acceptors (Lipinski definition) is 7. The molecule has 1 fully saturated rings. The summed E-state index contributed by atoms with van der Waals surface area (Å²) < 4.78 is 21.2. The lowest BCUT2D eigenvalue weighted by molar-refractivity contribution is -0.123. The number of furan rings is 1. The second-order valence-corrected chi connectivity index (χ2v) is 7.37. The first-order valence-corrected chi connectivity index (χ1v) is 10.2. The topological polar surface area (TPSA) is 107 Å². The maximum Gasteiger partial charge on any atom is 0.373 e. The Labute approximate surface area is 191 Å². The van der Waals surface area contributed by atoms with Crippen LogP contribution in [0.3, 0.4) is 0 Å². The quantitative estimate of drug-likeness (QED) is 0.339. The second kappa shape index (κ2) is 9.44. The molecule has 0 unspecified atom stereocenters. The molecule has 1 aromatic heterocycles. The van der Waals surface area contributed by atoms with Gasteiger partial charge >= 0.3 is 12.0 Å². The number of benzene rings is 1. The first-order valence-electron chi connectivity index (χ1n) is 9.01. The predicted octanol–water partition coefficient (Wildman–Crippen LogP) is 3.98. The highest BCUT2D eigenvalue weighted by Gasteiger charge is 2.34. The molecule has 11 heteroatoms. The Kier molecular flexibility index (Phi) is 6.91. The molecule has 0 aliphatic carbocycles. The number of carbonyl (C=O) groups excluding carboxylic acids is 3. The van der Waals surface area contributed by atoms with Crippen molar-refractivity contribution in [2.45, 2.75) is 13.5 Å². The van der Waals surface area contributed by atoms with Crippen molar-refractivity contribution in [2.24, 2.45) is 0 Å². The Morgan fingerprint density at radius 1 is 1.32 bits per heavy atom. The molecule has 9 nitrogen and oxygen atoms in total. The van der Waals surface area contributed by atoms with E-state index in [0.717, 1.165) is 4.90 Å². The molecule has 3 rings (SSSR count). The average Bonchev–Trinajstić information content (AvgIpc) is 3.32. The zero-order valence-electron chi connectivity index (χ0n) is 16.8. The van der Waals surface area contributed by atoms with E-state index in [1.807, 2.05) is 6.92 Å². The van der Waals surface area contributed by atoms with Gasteiger partial charge in [0, 0.05) is 4.47 Å². The molecule has 2 heterocycles. The summed E-state index contributed by atoms with van der Waals surface area (Å²) in [5.74, 6) is -0.268. The van der Waals surface area contributed by atoms with Crippen molar-refractivity contribution < 1.29 is 33.0 Å². The number of methoxy groups -OCH3 is 2. The number of nitrogens with one attached hydrogen (secondary N) is 1. The minimum Gasteiger partial charge on any atom is -0.491 e. The van der Waals surface area contributed by atoms with E-state index in [1.54, 1.807) is 6.07 Å². The number of ether oxygens (including phenoxy) is 3. The lowest BCUT2D eigenvalue weighted by atomic mass is 10.1. The van der Waals surface area contributed by atoms with Gasteiger partial charge in [0.2, 0.25) is 5.76 Å². The largest absolute Gasteiger partial charge is 0.491 e. The molecule has 0 radical (unpaired) electrons. The van der Waals surface area contributed by atoms with Gasteiger partial charge in [-0.05, 0) is 52.7 Å². The van der Waals surface area contributed by atoms with Gasteiger partial charge in [-0.2, -0.15) is 0 Å². The third kappa shape index (κ3) is 4.54. The Balaban J connectivity index is 1.88. The van der Waals surface area contributed by atoms with Crippen LogP contribution in [0.1, 0.15) is 28.8 Å². The van der Waals surface area contributed by atoms with Gasteiger partial charge in [-0.15, -0.1) is 0 Å². The van der Waals surface area contributed by atoms with Crippen molar-refractivity contribution in [3.05, 3.63) is 50.5 Å². The van der Waals surface area contributed by atoms with Crippen molar-refractivity contribution >= 4 is 51.5 Å². The normalized spacial score (nSPS) is 14.7. The van der Waals surface area contributed by atoms with Crippen molar-refractivity contribution in [2.75, 3.05) is 20.8 Å². The Hall–Kier alpha value is -2.98. The van der Waals surface area contributed by atoms with Crippen LogP contribution in [0.25, 0.3) is 6.08 Å². The molecule has 2 aromatic rings. The van der Waals surface area contributed by atoms with Crippen molar-refractivity contribution in [3.63, 3.8) is 0 Å². The maximum absolute atomic E-state index is 12.8. The van der Waals surface area contributed by atoms with Gasteiger partial charge in [-0.25, -0.2) is 9.59 Å². The van der Waals surface area contributed by atoms with E-state index in [-0.39, 0.29) is 28.8 Å². The summed E-state index contributed by atoms with van der Waals surface area (Å²) in [7, 11) is 2.69. The second-order valence-electron chi connectivity index (χ2n) is 6.20. The van der Waals surface area contributed by atoms with Crippen LogP contribution in [0.5, 0.6) is 11.5 Å². The molecular formula is C20H18BrClN2O7.